The maximum absolute atomic E-state index is 14.4. The lowest BCUT2D eigenvalue weighted by Crippen LogP contribution is -2.01. The van der Waals surface area contributed by atoms with Crippen LogP contribution in [0.15, 0.2) is 60.7 Å². The molecule has 1 heterocycles. The van der Waals surface area contributed by atoms with Crippen LogP contribution in [0.5, 0.6) is 0 Å². The number of hydrogen-bond donors (Lipinski definition) is 0. The van der Waals surface area contributed by atoms with Crippen LogP contribution >= 0.6 is 0 Å². The summed E-state index contributed by atoms with van der Waals surface area (Å²) >= 11 is 0. The van der Waals surface area contributed by atoms with E-state index in [-0.39, 0.29) is 0 Å². The molecule has 2 heteroatoms. The summed E-state index contributed by atoms with van der Waals surface area (Å²) in [5, 5.41) is 0. The van der Waals surface area contributed by atoms with E-state index in [2.05, 4.69) is 0 Å². The van der Waals surface area contributed by atoms with E-state index in [1.54, 1.807) is 12.1 Å². The molecule has 2 atom stereocenters. The maximum Gasteiger partial charge on any atom is 0.267 e. The molecule has 0 aromatic heterocycles. The van der Waals surface area contributed by atoms with Gasteiger partial charge in [-0.15, -0.1) is 0 Å². The Morgan fingerprint density at radius 1 is 0.875 bits per heavy atom. The van der Waals surface area contributed by atoms with Gasteiger partial charge in [-0.1, -0.05) is 60.7 Å². The molecule has 3 rings (SSSR count). The van der Waals surface area contributed by atoms with E-state index in [0.29, 0.717) is 5.56 Å². The fourth-order valence-corrected chi connectivity index (χ4v) is 1.93. The van der Waals surface area contributed by atoms with E-state index in [4.69, 9.17) is 4.74 Å². The van der Waals surface area contributed by atoms with Crippen molar-refractivity contribution in [2.24, 2.45) is 0 Å². The highest BCUT2D eigenvalue weighted by Gasteiger charge is 2.60. The number of epoxide rings is 1. The summed E-state index contributed by atoms with van der Waals surface area (Å²) in [6, 6.07) is 18.5. The van der Waals surface area contributed by atoms with Crippen LogP contribution in [0.1, 0.15) is 17.2 Å². The Labute approximate surface area is 93.5 Å². The van der Waals surface area contributed by atoms with Gasteiger partial charge in [0.05, 0.1) is 0 Å². The van der Waals surface area contributed by atoms with Gasteiger partial charge in [-0.05, 0) is 5.56 Å². The monoisotopic (exact) mass is 214 g/mol. The molecule has 0 radical (unpaired) electrons. The van der Waals surface area contributed by atoms with Crippen molar-refractivity contribution >= 4 is 0 Å². The second kappa shape index (κ2) is 3.42. The number of hydrogen-bond acceptors (Lipinski definition) is 1. The molecule has 80 valence electrons. The van der Waals surface area contributed by atoms with Crippen LogP contribution in [-0.2, 0) is 10.6 Å². The van der Waals surface area contributed by atoms with Crippen molar-refractivity contribution in [2.45, 2.75) is 12.0 Å². The molecule has 0 spiro atoms. The lowest BCUT2D eigenvalue weighted by Gasteiger charge is -2.02. The van der Waals surface area contributed by atoms with Crippen LogP contribution < -0.4 is 0 Å². The van der Waals surface area contributed by atoms with Gasteiger partial charge in [-0.25, -0.2) is 4.39 Å². The van der Waals surface area contributed by atoms with Crippen molar-refractivity contribution in [3.8, 4) is 0 Å². The van der Waals surface area contributed by atoms with Gasteiger partial charge in [0.1, 0.15) is 6.10 Å². The van der Waals surface area contributed by atoms with Crippen molar-refractivity contribution in [3.05, 3.63) is 71.8 Å². The highest BCUT2D eigenvalue weighted by Crippen LogP contribution is 2.57. The quantitative estimate of drug-likeness (QED) is 0.696. The highest BCUT2D eigenvalue weighted by molar-refractivity contribution is 5.32. The highest BCUT2D eigenvalue weighted by atomic mass is 19.2. The third-order valence-corrected chi connectivity index (χ3v) is 2.84. The van der Waals surface area contributed by atoms with Crippen LogP contribution in [0.2, 0.25) is 0 Å². The molecule has 2 aromatic carbocycles. The first kappa shape index (κ1) is 9.55. The van der Waals surface area contributed by atoms with Crippen molar-refractivity contribution in [1.82, 2.24) is 0 Å². The number of ether oxygens (including phenoxy) is 1. The molecule has 1 aliphatic rings. The normalized spacial score (nSPS) is 27.7. The van der Waals surface area contributed by atoms with Gasteiger partial charge >= 0.3 is 0 Å². The van der Waals surface area contributed by atoms with Gasteiger partial charge in [0.25, 0.3) is 5.85 Å². The predicted octanol–water partition coefficient (Wildman–Crippen LogP) is 3.58. The van der Waals surface area contributed by atoms with Gasteiger partial charge in [0.2, 0.25) is 0 Å². The summed E-state index contributed by atoms with van der Waals surface area (Å²) in [4.78, 5) is 0. The molecule has 0 bridgehead atoms. The van der Waals surface area contributed by atoms with Crippen LogP contribution in [0, 0.1) is 0 Å². The third kappa shape index (κ3) is 1.42. The minimum atomic E-state index is -1.64. The first-order valence-corrected chi connectivity index (χ1v) is 5.28. The number of halogens is 1. The van der Waals surface area contributed by atoms with Crippen molar-refractivity contribution < 1.29 is 9.13 Å². The topological polar surface area (TPSA) is 12.5 Å². The van der Waals surface area contributed by atoms with Crippen LogP contribution in [0.3, 0.4) is 0 Å². The molecule has 16 heavy (non-hydrogen) atoms. The van der Waals surface area contributed by atoms with E-state index < -0.39 is 12.0 Å². The Bertz CT molecular complexity index is 483. The third-order valence-electron chi connectivity index (χ3n) is 2.84. The Balaban J connectivity index is 1.90. The largest absolute Gasteiger partial charge is 0.325 e. The Morgan fingerprint density at radius 3 is 2.06 bits per heavy atom. The van der Waals surface area contributed by atoms with Crippen LogP contribution in [0.4, 0.5) is 4.39 Å². The van der Waals surface area contributed by atoms with E-state index in [1.165, 1.54) is 0 Å². The predicted molar refractivity (Wildman–Crippen MR) is 59.5 cm³/mol. The molecule has 0 saturated carbocycles. The molecule has 1 nitrogen and oxygen atoms in total. The maximum atomic E-state index is 14.4. The summed E-state index contributed by atoms with van der Waals surface area (Å²) in [5.74, 6) is -1.64. The second-order valence-corrected chi connectivity index (χ2v) is 3.92. The molecule has 0 aliphatic carbocycles. The molecule has 2 aromatic rings. The van der Waals surface area contributed by atoms with Gasteiger partial charge in [0.15, 0.2) is 0 Å². The Kier molecular flexibility index (Phi) is 2.04. The molecule has 0 amide bonds. The zero-order valence-electron chi connectivity index (χ0n) is 8.64. The molecule has 2 unspecified atom stereocenters. The molecular formula is C14H11FO. The summed E-state index contributed by atoms with van der Waals surface area (Å²) in [5.41, 5.74) is 1.47. The minimum Gasteiger partial charge on any atom is -0.325 e. The fraction of sp³-hybridized carbons (Fsp3) is 0.143. The number of alkyl halides is 1. The summed E-state index contributed by atoms with van der Waals surface area (Å²) in [6.45, 7) is 0. The summed E-state index contributed by atoms with van der Waals surface area (Å²) in [6.07, 6.45) is -0.462. The lowest BCUT2D eigenvalue weighted by atomic mass is 10.0. The molecule has 0 N–H and O–H groups in total. The zero-order valence-corrected chi connectivity index (χ0v) is 8.64. The average molecular weight is 214 g/mol. The van der Waals surface area contributed by atoms with Gasteiger partial charge in [0, 0.05) is 5.56 Å². The number of benzene rings is 2. The van der Waals surface area contributed by atoms with E-state index in [1.807, 2.05) is 48.5 Å². The first-order valence-electron chi connectivity index (χ1n) is 5.28. The smallest absolute Gasteiger partial charge is 0.267 e. The van der Waals surface area contributed by atoms with Gasteiger partial charge in [-0.2, -0.15) is 0 Å². The second-order valence-electron chi connectivity index (χ2n) is 3.92. The zero-order chi connectivity index (χ0) is 11.0. The van der Waals surface area contributed by atoms with E-state index >= 15 is 0 Å². The molecule has 1 fully saturated rings. The van der Waals surface area contributed by atoms with E-state index in [9.17, 15) is 4.39 Å². The Morgan fingerprint density at radius 2 is 1.44 bits per heavy atom. The number of rotatable bonds is 2. The summed E-state index contributed by atoms with van der Waals surface area (Å²) in [7, 11) is 0. The first-order chi connectivity index (χ1) is 7.81. The molecule has 1 aliphatic heterocycles. The van der Waals surface area contributed by atoms with Gasteiger partial charge < -0.3 is 4.74 Å². The fourth-order valence-electron chi connectivity index (χ4n) is 1.93. The standard InChI is InChI=1S/C14H11FO/c15-14(12-9-5-2-6-10-12)13(16-14)11-7-3-1-4-8-11/h1-10,13H. The van der Waals surface area contributed by atoms with Crippen LogP contribution in [0.25, 0.3) is 0 Å². The average Bonchev–Trinajstić information content (AvgIpc) is 3.06. The molecule has 1 saturated heterocycles. The van der Waals surface area contributed by atoms with Crippen LogP contribution in [-0.4, -0.2) is 0 Å². The van der Waals surface area contributed by atoms with E-state index in [0.717, 1.165) is 5.56 Å². The lowest BCUT2D eigenvalue weighted by molar-refractivity contribution is 0.141. The van der Waals surface area contributed by atoms with Crippen molar-refractivity contribution in [3.63, 3.8) is 0 Å². The minimum absolute atomic E-state index is 0.462. The van der Waals surface area contributed by atoms with Crippen molar-refractivity contribution in [2.75, 3.05) is 0 Å². The van der Waals surface area contributed by atoms with Crippen molar-refractivity contribution in [1.29, 1.82) is 0 Å². The van der Waals surface area contributed by atoms with Gasteiger partial charge in [-0.3, -0.25) is 0 Å². The Hall–Kier alpha value is -1.67. The SMILES string of the molecule is FC1(c2ccccc2)OC1c1ccccc1. The summed E-state index contributed by atoms with van der Waals surface area (Å²) < 4.78 is 19.6. The molecular weight excluding hydrogens is 203 g/mol.